The van der Waals surface area contributed by atoms with Gasteiger partial charge in [0, 0.05) is 37.7 Å². The summed E-state index contributed by atoms with van der Waals surface area (Å²) in [5.41, 5.74) is 0. The summed E-state index contributed by atoms with van der Waals surface area (Å²) in [6, 6.07) is 3.37. The van der Waals surface area contributed by atoms with Crippen LogP contribution in [0.25, 0.3) is 0 Å². The summed E-state index contributed by atoms with van der Waals surface area (Å²) < 4.78 is 32.6. The molecule has 0 radical (unpaired) electrons. The third-order valence-electron chi connectivity index (χ3n) is 4.31. The van der Waals surface area contributed by atoms with Crippen LogP contribution in [0.15, 0.2) is 16.3 Å². The number of unbranched alkanes of at least 4 members (excludes halogenated alkanes) is 1. The van der Waals surface area contributed by atoms with Gasteiger partial charge in [-0.25, -0.2) is 8.42 Å². The fourth-order valence-electron chi connectivity index (χ4n) is 2.80. The van der Waals surface area contributed by atoms with Gasteiger partial charge in [-0.3, -0.25) is 4.79 Å². The van der Waals surface area contributed by atoms with Crippen LogP contribution >= 0.6 is 11.3 Å². The van der Waals surface area contributed by atoms with Gasteiger partial charge in [0.15, 0.2) is 0 Å². The summed E-state index contributed by atoms with van der Waals surface area (Å²) in [4.78, 5) is 12.8. The van der Waals surface area contributed by atoms with Crippen molar-refractivity contribution in [2.45, 2.75) is 56.1 Å². The molecule has 0 unspecified atom stereocenters. The Balaban J connectivity index is 1.74. The Bertz CT molecular complexity index is 652. The van der Waals surface area contributed by atoms with Crippen molar-refractivity contribution in [2.75, 3.05) is 32.8 Å². The van der Waals surface area contributed by atoms with Gasteiger partial charge in [-0.15, -0.1) is 11.3 Å². The molecule has 0 aliphatic carbocycles. The summed E-state index contributed by atoms with van der Waals surface area (Å²) in [6.45, 7) is 5.31. The molecule has 1 saturated heterocycles. The normalized spacial score (nSPS) is 15.9. The fraction of sp³-hybridized carbons (Fsp3) is 0.722. The monoisotopic (exact) mass is 402 g/mol. The van der Waals surface area contributed by atoms with E-state index in [0.29, 0.717) is 30.5 Å². The van der Waals surface area contributed by atoms with Crippen LogP contribution in [0.3, 0.4) is 0 Å². The average molecular weight is 403 g/mol. The van der Waals surface area contributed by atoms with Gasteiger partial charge in [0.2, 0.25) is 5.91 Å². The molecule has 1 aliphatic heterocycles. The Morgan fingerprint density at radius 3 is 2.65 bits per heavy atom. The van der Waals surface area contributed by atoms with Gasteiger partial charge in [0.1, 0.15) is 4.21 Å². The van der Waals surface area contributed by atoms with Crippen LogP contribution in [0.4, 0.5) is 0 Å². The Hall–Kier alpha value is -0.960. The van der Waals surface area contributed by atoms with Crippen LogP contribution in [-0.4, -0.2) is 51.5 Å². The third kappa shape index (κ3) is 6.64. The van der Waals surface area contributed by atoms with Crippen molar-refractivity contribution in [1.29, 1.82) is 0 Å². The number of hydrogen-bond acceptors (Lipinski definition) is 5. The van der Waals surface area contributed by atoms with Crippen molar-refractivity contribution < 1.29 is 17.9 Å². The highest BCUT2D eigenvalue weighted by atomic mass is 32.2. The Morgan fingerprint density at radius 1 is 1.19 bits per heavy atom. The van der Waals surface area contributed by atoms with E-state index in [2.05, 4.69) is 12.2 Å². The van der Waals surface area contributed by atoms with Crippen LogP contribution in [0.1, 0.15) is 50.3 Å². The first-order chi connectivity index (χ1) is 12.5. The Morgan fingerprint density at radius 2 is 1.92 bits per heavy atom. The number of nitrogens with one attached hydrogen (secondary N) is 1. The number of rotatable bonds is 11. The van der Waals surface area contributed by atoms with E-state index in [1.807, 2.05) is 0 Å². The molecule has 1 fully saturated rings. The fourth-order valence-corrected chi connectivity index (χ4v) is 5.82. The Kier molecular flexibility index (Phi) is 9.04. The van der Waals surface area contributed by atoms with E-state index in [9.17, 15) is 13.2 Å². The molecule has 148 valence electrons. The maximum Gasteiger partial charge on any atom is 0.252 e. The van der Waals surface area contributed by atoms with Crippen molar-refractivity contribution in [1.82, 2.24) is 9.62 Å². The van der Waals surface area contributed by atoms with E-state index in [1.54, 1.807) is 16.4 Å². The number of thiophene rings is 1. The van der Waals surface area contributed by atoms with Crippen molar-refractivity contribution in [2.24, 2.45) is 0 Å². The quantitative estimate of drug-likeness (QED) is 0.578. The molecule has 1 aliphatic rings. The first-order valence-electron chi connectivity index (χ1n) is 9.47. The summed E-state index contributed by atoms with van der Waals surface area (Å²) in [5, 5.41) is 2.86. The Labute approximate surface area is 161 Å². The number of sulfonamides is 1. The van der Waals surface area contributed by atoms with Crippen LogP contribution in [-0.2, 0) is 26.0 Å². The lowest BCUT2D eigenvalue weighted by Gasteiger charge is -2.25. The minimum atomic E-state index is -3.41. The average Bonchev–Trinajstić information content (AvgIpc) is 3.11. The van der Waals surface area contributed by atoms with Gasteiger partial charge < -0.3 is 10.1 Å². The summed E-state index contributed by atoms with van der Waals surface area (Å²) >= 11 is 1.20. The molecule has 2 rings (SSSR count). The molecule has 1 aromatic rings. The standard InChI is InChI=1S/C18H30N2O4S2/c1-2-3-13-24-14-7-10-19-17(21)15-16-8-9-18(25-16)26(22,23)20-11-5-4-6-12-20/h8-9H,2-7,10-15H2,1H3,(H,19,21). The molecule has 0 saturated carbocycles. The molecule has 0 spiro atoms. The smallest absolute Gasteiger partial charge is 0.252 e. The first-order valence-corrected chi connectivity index (χ1v) is 11.7. The van der Waals surface area contributed by atoms with Crippen molar-refractivity contribution in [3.63, 3.8) is 0 Å². The molecular weight excluding hydrogens is 372 g/mol. The first kappa shape index (κ1) is 21.3. The minimum absolute atomic E-state index is 0.0812. The molecule has 1 amide bonds. The molecule has 8 heteroatoms. The molecule has 0 atom stereocenters. The lowest BCUT2D eigenvalue weighted by molar-refractivity contribution is -0.120. The molecule has 1 N–H and O–H groups in total. The molecule has 0 bridgehead atoms. The molecule has 1 aromatic heterocycles. The van der Waals surface area contributed by atoms with Crippen LogP contribution in [0.5, 0.6) is 0 Å². The number of amides is 1. The maximum atomic E-state index is 12.6. The third-order valence-corrected chi connectivity index (χ3v) is 7.76. The summed E-state index contributed by atoms with van der Waals surface area (Å²) in [5.74, 6) is -0.0812. The van der Waals surface area contributed by atoms with E-state index >= 15 is 0 Å². The molecule has 6 nitrogen and oxygen atoms in total. The molecule has 2 heterocycles. The minimum Gasteiger partial charge on any atom is -0.381 e. The highest BCUT2D eigenvalue weighted by molar-refractivity contribution is 7.91. The summed E-state index contributed by atoms with van der Waals surface area (Å²) in [6.07, 6.45) is 6.11. The maximum absolute atomic E-state index is 12.6. The van der Waals surface area contributed by atoms with E-state index in [1.165, 1.54) is 11.3 Å². The van der Waals surface area contributed by atoms with Gasteiger partial charge >= 0.3 is 0 Å². The largest absolute Gasteiger partial charge is 0.381 e. The van der Waals surface area contributed by atoms with Crippen LogP contribution in [0.2, 0.25) is 0 Å². The molecule has 0 aromatic carbocycles. The van der Waals surface area contributed by atoms with E-state index in [4.69, 9.17) is 4.74 Å². The second-order valence-electron chi connectivity index (χ2n) is 6.53. The van der Waals surface area contributed by atoms with Gasteiger partial charge in [0.05, 0.1) is 6.42 Å². The zero-order valence-corrected chi connectivity index (χ0v) is 17.2. The second kappa shape index (κ2) is 11.0. The zero-order chi connectivity index (χ0) is 18.8. The van der Waals surface area contributed by atoms with Gasteiger partial charge in [-0.2, -0.15) is 4.31 Å². The predicted molar refractivity (Wildman–Crippen MR) is 104 cm³/mol. The molecular formula is C18H30N2O4S2. The number of hydrogen-bond donors (Lipinski definition) is 1. The number of piperidine rings is 1. The summed E-state index contributed by atoms with van der Waals surface area (Å²) in [7, 11) is -3.41. The highest BCUT2D eigenvalue weighted by Gasteiger charge is 2.27. The zero-order valence-electron chi connectivity index (χ0n) is 15.5. The van der Waals surface area contributed by atoms with Crippen molar-refractivity contribution in [3.05, 3.63) is 17.0 Å². The second-order valence-corrected chi connectivity index (χ2v) is 9.86. The predicted octanol–water partition coefficient (Wildman–Crippen LogP) is 2.79. The van der Waals surface area contributed by atoms with Crippen LogP contribution < -0.4 is 5.32 Å². The molecule has 26 heavy (non-hydrogen) atoms. The lowest BCUT2D eigenvalue weighted by atomic mass is 10.2. The van der Waals surface area contributed by atoms with E-state index < -0.39 is 10.0 Å². The van der Waals surface area contributed by atoms with Gasteiger partial charge in [0.25, 0.3) is 10.0 Å². The number of carbonyl (C=O) groups excluding carboxylic acids is 1. The number of ether oxygens (including phenoxy) is 1. The van der Waals surface area contributed by atoms with Crippen LogP contribution in [0, 0.1) is 0 Å². The lowest BCUT2D eigenvalue weighted by Crippen LogP contribution is -2.35. The highest BCUT2D eigenvalue weighted by Crippen LogP contribution is 2.27. The van der Waals surface area contributed by atoms with Gasteiger partial charge in [-0.1, -0.05) is 19.8 Å². The number of carbonyl (C=O) groups is 1. The number of nitrogens with zero attached hydrogens (tertiary/aromatic N) is 1. The van der Waals surface area contributed by atoms with E-state index in [-0.39, 0.29) is 12.3 Å². The van der Waals surface area contributed by atoms with Crippen molar-refractivity contribution in [3.8, 4) is 0 Å². The van der Waals surface area contributed by atoms with Gasteiger partial charge in [-0.05, 0) is 37.8 Å². The topological polar surface area (TPSA) is 75.7 Å². The SMILES string of the molecule is CCCCOCCCNC(=O)Cc1ccc(S(=O)(=O)N2CCCCC2)s1. The van der Waals surface area contributed by atoms with Crippen molar-refractivity contribution >= 4 is 27.3 Å². The van der Waals surface area contributed by atoms with E-state index in [0.717, 1.165) is 50.0 Å².